The van der Waals surface area contributed by atoms with Crippen molar-refractivity contribution in [1.82, 2.24) is 9.88 Å². The summed E-state index contributed by atoms with van der Waals surface area (Å²) in [6, 6.07) is 4.71. The molecule has 5 rings (SSSR count). The van der Waals surface area contributed by atoms with Gasteiger partial charge in [-0.1, -0.05) is 25.5 Å². The van der Waals surface area contributed by atoms with E-state index < -0.39 is 0 Å². The fourth-order valence-electron chi connectivity index (χ4n) is 8.72. The quantitative estimate of drug-likeness (QED) is 0.607. The van der Waals surface area contributed by atoms with Crippen molar-refractivity contribution in [1.29, 1.82) is 0 Å². The normalized spacial score (nSPS) is 43.7. The zero-order chi connectivity index (χ0) is 21.1. The Kier molecular flexibility index (Phi) is 4.87. The molecule has 1 aromatic heterocycles. The molecular formula is C27H38N2O. The highest BCUT2D eigenvalue weighted by Gasteiger charge is 2.61. The lowest BCUT2D eigenvalue weighted by molar-refractivity contribution is -0.157. The molecule has 3 heteroatoms. The number of allylic oxidation sites excluding steroid dienone is 1. The minimum Gasteiger partial charge on any atom is -0.342 e. The van der Waals surface area contributed by atoms with E-state index in [0.717, 1.165) is 30.6 Å². The summed E-state index contributed by atoms with van der Waals surface area (Å²) in [7, 11) is 2.07. The molecule has 0 bridgehead atoms. The molecule has 0 spiro atoms. The molecule has 1 aromatic rings. The maximum atomic E-state index is 12.4. The Morgan fingerprint density at radius 2 is 1.77 bits per heavy atom. The third kappa shape index (κ3) is 2.91. The van der Waals surface area contributed by atoms with E-state index in [9.17, 15) is 4.79 Å². The third-order valence-electron chi connectivity index (χ3n) is 10.2. The molecule has 2 heterocycles. The van der Waals surface area contributed by atoms with E-state index in [-0.39, 0.29) is 0 Å². The van der Waals surface area contributed by atoms with Gasteiger partial charge >= 0.3 is 0 Å². The van der Waals surface area contributed by atoms with Crippen LogP contribution >= 0.6 is 0 Å². The van der Waals surface area contributed by atoms with Crippen LogP contribution in [0.4, 0.5) is 0 Å². The number of hydrogen-bond donors (Lipinski definition) is 0. The molecule has 0 unspecified atom stereocenters. The Labute approximate surface area is 182 Å². The van der Waals surface area contributed by atoms with Gasteiger partial charge in [-0.25, -0.2) is 0 Å². The second-order valence-electron chi connectivity index (χ2n) is 11.3. The fourth-order valence-corrected chi connectivity index (χ4v) is 8.72. The Bertz CT molecular complexity index is 848. The lowest BCUT2D eigenvalue weighted by atomic mass is 9.46. The zero-order valence-electron chi connectivity index (χ0n) is 19.2. The molecule has 162 valence electrons. The van der Waals surface area contributed by atoms with E-state index in [4.69, 9.17) is 0 Å². The smallest absolute Gasteiger partial charge is 0.222 e. The van der Waals surface area contributed by atoms with E-state index in [0.29, 0.717) is 28.7 Å². The van der Waals surface area contributed by atoms with Crippen molar-refractivity contribution < 1.29 is 4.79 Å². The molecule has 7 atom stereocenters. The molecule has 3 aliphatic carbocycles. The lowest BCUT2D eigenvalue weighted by Crippen LogP contribution is -2.61. The molecule has 4 fully saturated rings. The van der Waals surface area contributed by atoms with E-state index in [1.165, 1.54) is 44.1 Å². The molecule has 30 heavy (non-hydrogen) atoms. The second kappa shape index (κ2) is 7.21. The van der Waals surface area contributed by atoms with Crippen molar-refractivity contribution in [2.45, 2.75) is 78.2 Å². The van der Waals surface area contributed by atoms with Crippen LogP contribution in [0.5, 0.6) is 0 Å². The molecule has 0 aromatic carbocycles. The summed E-state index contributed by atoms with van der Waals surface area (Å²) in [4.78, 5) is 18.7. The number of rotatable bonds is 2. The van der Waals surface area contributed by atoms with Crippen LogP contribution in [0.3, 0.4) is 0 Å². The maximum absolute atomic E-state index is 12.4. The van der Waals surface area contributed by atoms with Gasteiger partial charge in [0, 0.05) is 31.9 Å². The molecule has 3 nitrogen and oxygen atoms in total. The van der Waals surface area contributed by atoms with Gasteiger partial charge in [-0.2, -0.15) is 0 Å². The van der Waals surface area contributed by atoms with Gasteiger partial charge in [0.2, 0.25) is 5.91 Å². The van der Waals surface area contributed by atoms with Gasteiger partial charge in [0.25, 0.3) is 0 Å². The van der Waals surface area contributed by atoms with Gasteiger partial charge in [-0.3, -0.25) is 9.78 Å². The van der Waals surface area contributed by atoms with Crippen molar-refractivity contribution in [3.05, 3.63) is 35.7 Å². The van der Waals surface area contributed by atoms with Crippen molar-refractivity contribution in [3.63, 3.8) is 0 Å². The summed E-state index contributed by atoms with van der Waals surface area (Å²) in [5.74, 6) is 3.58. The van der Waals surface area contributed by atoms with Gasteiger partial charge < -0.3 is 4.90 Å². The number of hydrogen-bond acceptors (Lipinski definition) is 2. The number of nitrogens with zero attached hydrogens (tertiary/aromatic N) is 2. The van der Waals surface area contributed by atoms with Gasteiger partial charge in [-0.15, -0.1) is 0 Å². The van der Waals surface area contributed by atoms with E-state index in [1.807, 2.05) is 12.4 Å². The first-order chi connectivity index (χ1) is 14.3. The number of likely N-dealkylation sites (tertiary alicyclic amines) is 1. The summed E-state index contributed by atoms with van der Waals surface area (Å²) in [5, 5.41) is 0. The topological polar surface area (TPSA) is 33.2 Å². The summed E-state index contributed by atoms with van der Waals surface area (Å²) in [6.07, 6.45) is 16.0. The molecule has 1 saturated heterocycles. The SMILES string of the molecule is C/C(=C\c1ccncc1)[C@H]1CC[C@H]2[C@@H]3CC[C@H]4N(C)C(=O)CC[C@]4(C)[C@H]3CC[C@]12C. The van der Waals surface area contributed by atoms with Crippen LogP contribution in [0.15, 0.2) is 30.1 Å². The summed E-state index contributed by atoms with van der Waals surface area (Å²) in [6.45, 7) is 7.51. The minimum atomic E-state index is 0.326. The number of aromatic nitrogens is 1. The highest BCUT2D eigenvalue weighted by molar-refractivity contribution is 5.77. The number of carbonyl (C=O) groups excluding carboxylic acids is 1. The summed E-state index contributed by atoms with van der Waals surface area (Å²) >= 11 is 0. The average Bonchev–Trinajstić information content (AvgIpc) is 3.09. The number of amides is 1. The standard InChI is InChI=1S/C27H38N2O/c1-18(17-19-11-15-28-16-12-19)21-6-7-22-20-5-8-24-27(3,14-10-25(30)29(24)4)23(20)9-13-26(21,22)2/h11-12,15-17,20-24H,5-10,13-14H2,1-4H3/b18-17+/t20-,21+,22-,23-,24+,26+,27+/m0/s1. The predicted molar refractivity (Wildman–Crippen MR) is 122 cm³/mol. The van der Waals surface area contributed by atoms with Gasteiger partial charge in [0.05, 0.1) is 0 Å². The van der Waals surface area contributed by atoms with Crippen LogP contribution in [0, 0.1) is 34.5 Å². The molecule has 0 radical (unpaired) electrons. The van der Waals surface area contributed by atoms with Crippen molar-refractivity contribution in [2.75, 3.05) is 7.05 Å². The van der Waals surface area contributed by atoms with Crippen LogP contribution in [0.25, 0.3) is 6.08 Å². The number of fused-ring (bicyclic) bond motifs is 5. The Balaban J connectivity index is 1.40. The maximum Gasteiger partial charge on any atom is 0.222 e. The van der Waals surface area contributed by atoms with E-state index in [1.54, 1.807) is 5.57 Å². The molecule has 4 aliphatic rings. The Morgan fingerprint density at radius 1 is 1.03 bits per heavy atom. The highest BCUT2D eigenvalue weighted by Crippen LogP contribution is 2.67. The fraction of sp³-hybridized carbons (Fsp3) is 0.704. The first-order valence-corrected chi connectivity index (χ1v) is 12.2. The van der Waals surface area contributed by atoms with Crippen LogP contribution in [0.2, 0.25) is 0 Å². The minimum absolute atomic E-state index is 0.326. The first kappa shape index (κ1) is 20.3. The van der Waals surface area contributed by atoms with Gasteiger partial charge in [-0.05, 0) is 104 Å². The highest BCUT2D eigenvalue weighted by atomic mass is 16.2. The molecule has 1 aliphatic heterocycles. The van der Waals surface area contributed by atoms with Crippen LogP contribution in [0.1, 0.15) is 77.7 Å². The van der Waals surface area contributed by atoms with Gasteiger partial charge in [0.15, 0.2) is 0 Å². The monoisotopic (exact) mass is 406 g/mol. The zero-order valence-corrected chi connectivity index (χ0v) is 19.2. The van der Waals surface area contributed by atoms with Crippen LogP contribution < -0.4 is 0 Å². The molecular weight excluding hydrogens is 368 g/mol. The molecule has 1 amide bonds. The van der Waals surface area contributed by atoms with E-state index in [2.05, 4.69) is 55.9 Å². The largest absolute Gasteiger partial charge is 0.342 e. The van der Waals surface area contributed by atoms with Crippen molar-refractivity contribution >= 4 is 12.0 Å². The van der Waals surface area contributed by atoms with Gasteiger partial charge in [0.1, 0.15) is 0 Å². The summed E-state index contributed by atoms with van der Waals surface area (Å²) < 4.78 is 0. The predicted octanol–water partition coefficient (Wildman–Crippen LogP) is 5.96. The Hall–Kier alpha value is -1.64. The van der Waals surface area contributed by atoms with Crippen LogP contribution in [-0.4, -0.2) is 28.9 Å². The second-order valence-corrected chi connectivity index (χ2v) is 11.3. The number of carbonyl (C=O) groups is 1. The average molecular weight is 407 g/mol. The lowest BCUT2D eigenvalue weighted by Gasteiger charge is -2.62. The van der Waals surface area contributed by atoms with Crippen LogP contribution in [-0.2, 0) is 4.79 Å². The van der Waals surface area contributed by atoms with Crippen molar-refractivity contribution in [3.8, 4) is 0 Å². The Morgan fingerprint density at radius 3 is 2.53 bits per heavy atom. The number of pyridine rings is 1. The molecule has 0 N–H and O–H groups in total. The summed E-state index contributed by atoms with van der Waals surface area (Å²) in [5.41, 5.74) is 3.61. The molecule has 3 saturated carbocycles. The third-order valence-corrected chi connectivity index (χ3v) is 10.2. The number of piperidine rings is 1. The first-order valence-electron chi connectivity index (χ1n) is 12.2. The van der Waals surface area contributed by atoms with Crippen molar-refractivity contribution in [2.24, 2.45) is 34.5 Å². The van der Waals surface area contributed by atoms with E-state index >= 15 is 0 Å².